The Balaban J connectivity index is 1.12. The van der Waals surface area contributed by atoms with Crippen molar-refractivity contribution in [2.24, 2.45) is 23.7 Å². The van der Waals surface area contributed by atoms with Crippen LogP contribution < -0.4 is 4.90 Å². The highest BCUT2D eigenvalue weighted by molar-refractivity contribution is 5.97. The van der Waals surface area contributed by atoms with Crippen LogP contribution in [0.2, 0.25) is 0 Å². The fraction of sp³-hybridized carbons (Fsp3) is 0.308. The fourth-order valence-corrected chi connectivity index (χ4v) is 13.5. The summed E-state index contributed by atoms with van der Waals surface area (Å²) in [4.78, 5) is 2.64. The van der Waals surface area contributed by atoms with E-state index in [1.165, 1.54) is 105 Å². The lowest BCUT2D eigenvalue weighted by Crippen LogP contribution is -2.55. The molecule has 0 atom stereocenters. The molecule has 7 aliphatic rings. The van der Waals surface area contributed by atoms with Crippen molar-refractivity contribution in [2.75, 3.05) is 4.90 Å². The molecule has 7 aliphatic carbocycles. The van der Waals surface area contributed by atoms with Crippen LogP contribution in [0.15, 0.2) is 127 Å². The summed E-state index contributed by atoms with van der Waals surface area (Å²) in [7, 11) is 0. The zero-order valence-corrected chi connectivity index (χ0v) is 31.4. The minimum Gasteiger partial charge on any atom is -0.310 e. The third kappa shape index (κ3) is 3.74. The highest BCUT2D eigenvalue weighted by atomic mass is 15.1. The van der Waals surface area contributed by atoms with Gasteiger partial charge in [-0.3, -0.25) is 0 Å². The van der Waals surface area contributed by atoms with E-state index < -0.39 is 0 Å². The number of hydrogen-bond acceptors (Lipinski definition) is 1. The molecule has 0 amide bonds. The Hall–Kier alpha value is -4.88. The van der Waals surface area contributed by atoms with Crippen LogP contribution in [0.1, 0.15) is 93.2 Å². The minimum absolute atomic E-state index is 0.0303. The van der Waals surface area contributed by atoms with Crippen molar-refractivity contribution < 1.29 is 0 Å². The lowest BCUT2D eigenvalue weighted by atomic mass is 9.43. The van der Waals surface area contributed by atoms with Gasteiger partial charge in [-0.1, -0.05) is 125 Å². The van der Waals surface area contributed by atoms with Crippen LogP contribution in [-0.4, -0.2) is 0 Å². The number of anilines is 3. The van der Waals surface area contributed by atoms with Gasteiger partial charge in [-0.15, -0.1) is 0 Å². The van der Waals surface area contributed by atoms with Crippen molar-refractivity contribution in [1.29, 1.82) is 0 Å². The molecule has 4 bridgehead atoms. The number of fused-ring (bicyclic) bond motifs is 9. The van der Waals surface area contributed by atoms with Crippen LogP contribution in [0, 0.1) is 23.7 Å². The van der Waals surface area contributed by atoms with Crippen molar-refractivity contribution in [3.63, 3.8) is 0 Å². The molecule has 1 spiro atoms. The molecule has 0 N–H and O–H groups in total. The highest BCUT2D eigenvalue weighted by Gasteiger charge is 2.62. The number of benzene rings is 6. The Morgan fingerprint density at radius 3 is 1.62 bits per heavy atom. The van der Waals surface area contributed by atoms with E-state index in [1.54, 1.807) is 11.1 Å². The predicted molar refractivity (Wildman–Crippen MR) is 220 cm³/mol. The van der Waals surface area contributed by atoms with Gasteiger partial charge < -0.3 is 4.90 Å². The Kier molecular flexibility index (Phi) is 5.88. The van der Waals surface area contributed by atoms with E-state index in [0.717, 1.165) is 23.7 Å². The van der Waals surface area contributed by atoms with Gasteiger partial charge in [0.15, 0.2) is 0 Å². The first-order chi connectivity index (χ1) is 25.8. The third-order valence-electron chi connectivity index (χ3n) is 15.4. The lowest BCUT2D eigenvalue weighted by molar-refractivity contribution is -0.0399. The van der Waals surface area contributed by atoms with Gasteiger partial charge in [0.2, 0.25) is 0 Å². The molecule has 6 aromatic carbocycles. The molecule has 0 aliphatic heterocycles. The Morgan fingerprint density at radius 2 is 0.925 bits per heavy atom. The zero-order valence-electron chi connectivity index (χ0n) is 31.4. The largest absolute Gasteiger partial charge is 0.310 e. The Bertz CT molecular complexity index is 2520. The molecule has 0 aromatic heterocycles. The first-order valence-corrected chi connectivity index (χ1v) is 20.3. The molecule has 0 unspecified atom stereocenters. The molecule has 4 fully saturated rings. The summed E-state index contributed by atoms with van der Waals surface area (Å²) < 4.78 is 0. The number of rotatable bonds is 3. The van der Waals surface area contributed by atoms with Crippen molar-refractivity contribution in [3.8, 4) is 33.4 Å². The standard InChI is InChI=1S/C52H47N/c1-50(2)43-16-9-6-13-38(43)41-29-35(21-23-44(41)50)53(36-20-22-39-37-12-5-8-15-42(37)51(3,4)47(39)30-36)48-19-11-18-46-49(48)40-14-7-10-17-45(40)52(46)33-25-31-24-32(27-33)28-34(52)26-31/h5-23,29-34H,24-28H2,1-4H3. The first kappa shape index (κ1) is 30.6. The average Bonchev–Trinajstić information content (AvgIpc) is 3.69. The fourth-order valence-electron chi connectivity index (χ4n) is 13.5. The van der Waals surface area contributed by atoms with Crippen LogP contribution >= 0.6 is 0 Å². The lowest BCUT2D eigenvalue weighted by Gasteiger charge is -2.61. The second kappa shape index (κ2) is 10.2. The number of nitrogens with zero attached hydrogens (tertiary/aromatic N) is 1. The second-order valence-electron chi connectivity index (χ2n) is 18.6. The molecule has 13 rings (SSSR count). The van der Waals surface area contributed by atoms with Crippen LogP contribution in [0.3, 0.4) is 0 Å². The molecule has 1 heteroatoms. The molecule has 0 saturated heterocycles. The summed E-state index contributed by atoms with van der Waals surface area (Å²) in [5.41, 5.74) is 21.2. The van der Waals surface area contributed by atoms with Crippen LogP contribution in [0.5, 0.6) is 0 Å². The van der Waals surface area contributed by atoms with Gasteiger partial charge in [0, 0.05) is 33.2 Å². The molecule has 53 heavy (non-hydrogen) atoms. The van der Waals surface area contributed by atoms with Crippen LogP contribution in [0.4, 0.5) is 17.1 Å². The molecule has 1 nitrogen and oxygen atoms in total. The van der Waals surface area contributed by atoms with E-state index in [1.807, 2.05) is 0 Å². The van der Waals surface area contributed by atoms with Crippen molar-refractivity contribution in [3.05, 3.63) is 161 Å². The monoisotopic (exact) mass is 685 g/mol. The average molecular weight is 686 g/mol. The van der Waals surface area contributed by atoms with Crippen LogP contribution in [-0.2, 0) is 16.2 Å². The van der Waals surface area contributed by atoms with Gasteiger partial charge in [-0.05, 0) is 147 Å². The maximum Gasteiger partial charge on any atom is 0.0543 e. The third-order valence-corrected chi connectivity index (χ3v) is 15.4. The van der Waals surface area contributed by atoms with Gasteiger partial charge in [-0.25, -0.2) is 0 Å². The summed E-state index contributed by atoms with van der Waals surface area (Å²) in [6.07, 6.45) is 7.07. The maximum atomic E-state index is 2.64. The SMILES string of the molecule is CC1(C)c2ccccc2-c2cc(N(c3ccc4c(c3)C(C)(C)c3ccccc3-4)c3cccc4c3-c3ccccc3C43C4CC5CC(C4)CC3C5)ccc21. The predicted octanol–water partition coefficient (Wildman–Crippen LogP) is 13.5. The molecular weight excluding hydrogens is 639 g/mol. The van der Waals surface area contributed by atoms with E-state index >= 15 is 0 Å². The van der Waals surface area contributed by atoms with E-state index in [4.69, 9.17) is 0 Å². The van der Waals surface area contributed by atoms with Crippen molar-refractivity contribution >= 4 is 17.1 Å². The van der Waals surface area contributed by atoms with Crippen LogP contribution in [0.25, 0.3) is 33.4 Å². The normalized spacial score (nSPS) is 26.5. The Morgan fingerprint density at radius 1 is 0.415 bits per heavy atom. The summed E-state index contributed by atoms with van der Waals surface area (Å²) >= 11 is 0. The van der Waals surface area contributed by atoms with Crippen molar-refractivity contribution in [2.45, 2.75) is 76.0 Å². The highest BCUT2D eigenvalue weighted by Crippen LogP contribution is 2.70. The second-order valence-corrected chi connectivity index (χ2v) is 18.6. The maximum absolute atomic E-state index is 2.64. The summed E-state index contributed by atoms with van der Waals surface area (Å²) in [6.45, 7) is 9.60. The van der Waals surface area contributed by atoms with Gasteiger partial charge in [0.1, 0.15) is 0 Å². The van der Waals surface area contributed by atoms with Gasteiger partial charge in [0.05, 0.1) is 5.69 Å². The molecule has 0 heterocycles. The molecule has 0 radical (unpaired) electrons. The molecule has 4 saturated carbocycles. The van der Waals surface area contributed by atoms with Gasteiger partial charge >= 0.3 is 0 Å². The van der Waals surface area contributed by atoms with Crippen molar-refractivity contribution in [1.82, 2.24) is 0 Å². The first-order valence-electron chi connectivity index (χ1n) is 20.3. The van der Waals surface area contributed by atoms with E-state index in [2.05, 4.69) is 160 Å². The van der Waals surface area contributed by atoms with Gasteiger partial charge in [0.25, 0.3) is 0 Å². The Labute approximate surface area is 314 Å². The zero-order chi connectivity index (χ0) is 35.4. The van der Waals surface area contributed by atoms with Gasteiger partial charge in [-0.2, -0.15) is 0 Å². The molecular formula is C52H47N. The van der Waals surface area contributed by atoms with E-state index in [0.29, 0.717) is 0 Å². The topological polar surface area (TPSA) is 3.24 Å². The number of hydrogen-bond donors (Lipinski definition) is 0. The molecule has 260 valence electrons. The van der Waals surface area contributed by atoms with E-state index in [9.17, 15) is 0 Å². The smallest absolute Gasteiger partial charge is 0.0543 e. The molecule has 6 aromatic rings. The summed E-state index contributed by atoms with van der Waals surface area (Å²) in [6, 6.07) is 49.8. The minimum atomic E-state index is -0.0792. The summed E-state index contributed by atoms with van der Waals surface area (Å²) in [5.74, 6) is 3.33. The van der Waals surface area contributed by atoms with E-state index in [-0.39, 0.29) is 16.2 Å². The summed E-state index contributed by atoms with van der Waals surface area (Å²) in [5, 5.41) is 0. The quantitative estimate of drug-likeness (QED) is 0.179.